The molecule has 0 saturated heterocycles. The zero-order valence-corrected chi connectivity index (χ0v) is 14.1. The molecule has 0 aromatic heterocycles. The summed E-state index contributed by atoms with van der Waals surface area (Å²) in [5, 5.41) is 15.3. The van der Waals surface area contributed by atoms with Crippen molar-refractivity contribution >= 4 is 30.0 Å². The van der Waals surface area contributed by atoms with Crippen LogP contribution in [-0.4, -0.2) is 18.2 Å². The van der Waals surface area contributed by atoms with E-state index in [4.69, 9.17) is 4.65 Å². The van der Waals surface area contributed by atoms with Crippen LogP contribution in [0.4, 0.5) is 16.2 Å². The second-order valence-corrected chi connectivity index (χ2v) is 6.98. The smallest absolute Gasteiger partial charge is 0.423 e. The molecule has 3 rings (SSSR count). The maximum absolute atomic E-state index is 12.1. The van der Waals surface area contributed by atoms with E-state index in [1.165, 1.54) is 5.56 Å². The number of nitrogens with one attached hydrogen (secondary N) is 2. The number of benzene rings is 2. The van der Waals surface area contributed by atoms with Gasteiger partial charge in [0.25, 0.3) is 0 Å². The Hall–Kier alpha value is -2.31. The summed E-state index contributed by atoms with van der Waals surface area (Å²) in [6.45, 7) is 6.83. The Morgan fingerprint density at radius 3 is 2.38 bits per heavy atom. The van der Waals surface area contributed by atoms with Gasteiger partial charge in [0.05, 0.1) is 6.61 Å². The second kappa shape index (κ2) is 6.30. The van der Waals surface area contributed by atoms with Crippen LogP contribution in [-0.2, 0) is 16.7 Å². The molecule has 1 aliphatic rings. The van der Waals surface area contributed by atoms with Crippen LogP contribution >= 0.6 is 0 Å². The minimum absolute atomic E-state index is 0.0775. The normalized spacial score (nSPS) is 13.6. The molecule has 0 atom stereocenters. The average Bonchev–Trinajstić information content (AvgIpc) is 2.88. The molecule has 124 valence electrons. The van der Waals surface area contributed by atoms with Crippen molar-refractivity contribution in [3.63, 3.8) is 0 Å². The maximum Gasteiger partial charge on any atom is 0.491 e. The van der Waals surface area contributed by atoms with Gasteiger partial charge in [-0.2, -0.15) is 0 Å². The first kappa shape index (κ1) is 16.5. The third-order valence-electron chi connectivity index (χ3n) is 4.08. The van der Waals surface area contributed by atoms with Crippen molar-refractivity contribution in [3.05, 3.63) is 53.6 Å². The summed E-state index contributed by atoms with van der Waals surface area (Å²) < 4.78 is 5.14. The summed E-state index contributed by atoms with van der Waals surface area (Å²) in [6.07, 6.45) is 0. The molecule has 0 spiro atoms. The van der Waals surface area contributed by atoms with Gasteiger partial charge in [0.1, 0.15) is 0 Å². The lowest BCUT2D eigenvalue weighted by Crippen LogP contribution is -2.29. The van der Waals surface area contributed by atoms with Gasteiger partial charge in [-0.05, 0) is 46.3 Å². The summed E-state index contributed by atoms with van der Waals surface area (Å²) in [5.74, 6) is 0. The molecule has 0 radical (unpaired) electrons. The number of carbonyl (C=O) groups is 1. The van der Waals surface area contributed by atoms with E-state index in [1.54, 1.807) is 12.1 Å². The molecule has 0 unspecified atom stereocenters. The third kappa shape index (κ3) is 3.61. The van der Waals surface area contributed by atoms with E-state index in [0.717, 1.165) is 11.3 Å². The van der Waals surface area contributed by atoms with Gasteiger partial charge in [0.15, 0.2) is 0 Å². The predicted octanol–water partition coefficient (Wildman–Crippen LogP) is 2.85. The Balaban J connectivity index is 1.65. The maximum atomic E-state index is 12.1. The molecule has 3 N–H and O–H groups in total. The molecular formula is C18H21BN2O3. The van der Waals surface area contributed by atoms with E-state index < -0.39 is 7.12 Å². The Labute approximate surface area is 142 Å². The number of anilines is 2. The van der Waals surface area contributed by atoms with E-state index in [0.29, 0.717) is 17.8 Å². The molecule has 2 amide bonds. The summed E-state index contributed by atoms with van der Waals surface area (Å²) in [7, 11) is -0.922. The third-order valence-corrected chi connectivity index (χ3v) is 4.08. The van der Waals surface area contributed by atoms with Crippen LogP contribution < -0.4 is 16.1 Å². The molecule has 0 aliphatic carbocycles. The van der Waals surface area contributed by atoms with Crippen molar-refractivity contribution in [2.45, 2.75) is 32.8 Å². The van der Waals surface area contributed by atoms with Gasteiger partial charge in [-0.15, -0.1) is 0 Å². The lowest BCUT2D eigenvalue weighted by Gasteiger charge is -2.19. The minimum atomic E-state index is -0.922. The monoisotopic (exact) mass is 324 g/mol. The summed E-state index contributed by atoms with van der Waals surface area (Å²) >= 11 is 0. The molecule has 2 aromatic carbocycles. The van der Waals surface area contributed by atoms with E-state index in [2.05, 4.69) is 31.4 Å². The largest absolute Gasteiger partial charge is 0.491 e. The van der Waals surface area contributed by atoms with Crippen molar-refractivity contribution in [1.29, 1.82) is 0 Å². The number of carbonyl (C=O) groups excluding carboxylic acids is 1. The zero-order valence-electron chi connectivity index (χ0n) is 14.1. The molecule has 2 aromatic rings. The minimum Gasteiger partial charge on any atom is -0.423 e. The fourth-order valence-corrected chi connectivity index (χ4v) is 2.64. The van der Waals surface area contributed by atoms with Crippen LogP contribution in [0.15, 0.2) is 42.5 Å². The lowest BCUT2D eigenvalue weighted by atomic mass is 9.79. The highest BCUT2D eigenvalue weighted by Crippen LogP contribution is 2.23. The second-order valence-electron chi connectivity index (χ2n) is 6.98. The molecular weight excluding hydrogens is 303 g/mol. The van der Waals surface area contributed by atoms with Crippen molar-refractivity contribution in [2.75, 3.05) is 10.6 Å². The van der Waals surface area contributed by atoms with Crippen LogP contribution in [0.5, 0.6) is 0 Å². The van der Waals surface area contributed by atoms with Crippen molar-refractivity contribution in [1.82, 2.24) is 0 Å². The van der Waals surface area contributed by atoms with Crippen LogP contribution in [0.3, 0.4) is 0 Å². The zero-order chi connectivity index (χ0) is 17.3. The molecule has 24 heavy (non-hydrogen) atoms. The molecule has 0 fully saturated rings. The molecule has 1 heterocycles. The standard InChI is InChI=1S/C18H21BN2O3/c1-18(2,3)13-5-8-14(9-6-13)20-17(22)21-15-7-4-12-11-24-19(23)16(12)10-15/h4-10,23H,11H2,1-3H3,(H2,20,21,22). The fourth-order valence-electron chi connectivity index (χ4n) is 2.64. The summed E-state index contributed by atoms with van der Waals surface area (Å²) in [4.78, 5) is 12.1. The molecule has 1 aliphatic heterocycles. The van der Waals surface area contributed by atoms with Crippen LogP contribution in [0.25, 0.3) is 0 Å². The van der Waals surface area contributed by atoms with Gasteiger partial charge in [0.2, 0.25) is 0 Å². The molecule has 5 nitrogen and oxygen atoms in total. The Morgan fingerprint density at radius 2 is 1.71 bits per heavy atom. The quantitative estimate of drug-likeness (QED) is 0.744. The van der Waals surface area contributed by atoms with Crippen molar-refractivity contribution < 1.29 is 14.5 Å². The van der Waals surface area contributed by atoms with Crippen LogP contribution in [0.2, 0.25) is 0 Å². The Bertz CT molecular complexity index is 754. The summed E-state index contributed by atoms with van der Waals surface area (Å²) in [5.41, 5.74) is 4.26. The van der Waals surface area contributed by atoms with Gasteiger partial charge < -0.3 is 20.3 Å². The van der Waals surface area contributed by atoms with Crippen molar-refractivity contribution in [3.8, 4) is 0 Å². The number of hydrogen-bond acceptors (Lipinski definition) is 3. The van der Waals surface area contributed by atoms with E-state index in [1.807, 2.05) is 30.3 Å². The van der Waals surface area contributed by atoms with Gasteiger partial charge in [-0.1, -0.05) is 39.0 Å². The van der Waals surface area contributed by atoms with Gasteiger partial charge in [-0.3, -0.25) is 0 Å². The highest BCUT2D eigenvalue weighted by atomic mass is 16.5. The topological polar surface area (TPSA) is 70.6 Å². The van der Waals surface area contributed by atoms with Gasteiger partial charge >= 0.3 is 13.1 Å². The highest BCUT2D eigenvalue weighted by Gasteiger charge is 2.27. The molecule has 6 heteroatoms. The predicted molar refractivity (Wildman–Crippen MR) is 96.6 cm³/mol. The number of rotatable bonds is 2. The first-order chi connectivity index (χ1) is 11.3. The van der Waals surface area contributed by atoms with Crippen LogP contribution in [0, 0.1) is 0 Å². The molecule has 0 bridgehead atoms. The first-order valence-corrected chi connectivity index (χ1v) is 7.94. The summed E-state index contributed by atoms with van der Waals surface area (Å²) in [6, 6.07) is 12.8. The van der Waals surface area contributed by atoms with E-state index in [9.17, 15) is 9.82 Å². The Morgan fingerprint density at radius 1 is 1.08 bits per heavy atom. The SMILES string of the molecule is CC(C)(C)c1ccc(NC(=O)Nc2ccc3c(c2)B(O)OC3)cc1. The number of amides is 2. The van der Waals surface area contributed by atoms with E-state index >= 15 is 0 Å². The van der Waals surface area contributed by atoms with Crippen molar-refractivity contribution in [2.24, 2.45) is 0 Å². The number of fused-ring (bicyclic) bond motifs is 1. The first-order valence-electron chi connectivity index (χ1n) is 7.94. The van der Waals surface area contributed by atoms with E-state index in [-0.39, 0.29) is 11.4 Å². The number of urea groups is 1. The average molecular weight is 324 g/mol. The number of hydrogen-bond donors (Lipinski definition) is 3. The van der Waals surface area contributed by atoms with Gasteiger partial charge in [-0.25, -0.2) is 4.79 Å². The highest BCUT2D eigenvalue weighted by molar-refractivity contribution is 6.61. The lowest BCUT2D eigenvalue weighted by molar-refractivity contribution is 0.262. The fraction of sp³-hybridized carbons (Fsp3) is 0.278. The van der Waals surface area contributed by atoms with Crippen LogP contribution in [0.1, 0.15) is 31.9 Å². The Kier molecular flexibility index (Phi) is 4.34. The molecule has 0 saturated carbocycles. The van der Waals surface area contributed by atoms with Gasteiger partial charge in [0, 0.05) is 11.4 Å².